The molecule has 0 saturated carbocycles. The number of nitrogens with two attached hydrogens (primary N) is 1. The first-order chi connectivity index (χ1) is 13.4. The number of hydrogen-bond acceptors (Lipinski definition) is 1. The summed E-state index contributed by atoms with van der Waals surface area (Å²) in [6.45, 7) is 26.1. The summed E-state index contributed by atoms with van der Waals surface area (Å²) in [6.07, 6.45) is 16.6. The monoisotopic (exact) mass is 397 g/mol. The molecule has 0 spiro atoms. The van der Waals surface area contributed by atoms with Gasteiger partial charge in [0.1, 0.15) is 0 Å². The second kappa shape index (κ2) is 40.4. The lowest BCUT2D eigenvalue weighted by atomic mass is 9.89. The minimum Gasteiger partial charge on any atom is -0.372 e. The lowest BCUT2D eigenvalue weighted by Crippen LogP contribution is -2.01. The minimum atomic E-state index is 0.250. The molecular weight excluding hydrogens is 342 g/mol. The van der Waals surface area contributed by atoms with Crippen molar-refractivity contribution in [2.45, 2.75) is 120 Å². The van der Waals surface area contributed by atoms with Crippen molar-refractivity contribution in [3.8, 4) is 0 Å². The quantitative estimate of drug-likeness (QED) is 0.211. The standard InChI is InChI=1S/C17H32.C4H8.2C2H6.CH3NO/c1-5-9-12-17(13-10-6-2)15-14-16(8-4)11-7-3;1-4(2)3;2*1-2;2-1-3/h7,11,17H,3,5-6,8-10,12-15H2,1-2,4H3;1H2,2-3H3;2*1-2H3;1H,(H2,2,3)/b16-11-;;;;. The second-order valence-corrected chi connectivity index (χ2v) is 6.45. The summed E-state index contributed by atoms with van der Waals surface area (Å²) in [5.41, 5.74) is 6.90. The van der Waals surface area contributed by atoms with E-state index in [0.717, 1.165) is 5.92 Å². The van der Waals surface area contributed by atoms with Crippen LogP contribution < -0.4 is 5.73 Å². The fourth-order valence-corrected chi connectivity index (χ4v) is 2.35. The molecule has 0 aromatic heterocycles. The molecule has 0 bridgehead atoms. The zero-order chi connectivity index (χ0) is 23.2. The van der Waals surface area contributed by atoms with E-state index in [0.29, 0.717) is 0 Å². The first-order valence-corrected chi connectivity index (χ1v) is 11.5. The molecule has 2 nitrogen and oxygen atoms in total. The van der Waals surface area contributed by atoms with Gasteiger partial charge in [0, 0.05) is 0 Å². The van der Waals surface area contributed by atoms with E-state index in [4.69, 9.17) is 4.79 Å². The molecule has 0 aliphatic carbocycles. The Balaban J connectivity index is -0.000000133. The topological polar surface area (TPSA) is 43.1 Å². The molecular formula is C26H55NO. The van der Waals surface area contributed by atoms with Gasteiger partial charge in [0.05, 0.1) is 0 Å². The van der Waals surface area contributed by atoms with Crippen molar-refractivity contribution in [3.63, 3.8) is 0 Å². The highest BCUT2D eigenvalue weighted by Crippen LogP contribution is 2.24. The van der Waals surface area contributed by atoms with Gasteiger partial charge in [-0.3, -0.25) is 4.79 Å². The third-order valence-electron chi connectivity index (χ3n) is 3.61. The predicted octanol–water partition coefficient (Wildman–Crippen LogP) is 9.02. The summed E-state index contributed by atoms with van der Waals surface area (Å²) in [6, 6.07) is 0. The number of amides is 1. The largest absolute Gasteiger partial charge is 0.372 e. The van der Waals surface area contributed by atoms with E-state index < -0.39 is 0 Å². The Bertz CT molecular complexity index is 306. The van der Waals surface area contributed by atoms with Gasteiger partial charge in [-0.2, -0.15) is 0 Å². The van der Waals surface area contributed by atoms with Crippen LogP contribution in [0.5, 0.6) is 0 Å². The molecule has 0 rings (SSSR count). The van der Waals surface area contributed by atoms with Crippen LogP contribution in [0.4, 0.5) is 0 Å². The Morgan fingerprint density at radius 2 is 1.29 bits per heavy atom. The Kier molecular flexibility index (Phi) is 54.0. The fraction of sp³-hybridized carbons (Fsp3) is 0.731. The average Bonchev–Trinajstić information content (AvgIpc) is 2.69. The van der Waals surface area contributed by atoms with Gasteiger partial charge in [-0.1, -0.05) is 117 Å². The van der Waals surface area contributed by atoms with Crippen molar-refractivity contribution in [3.05, 3.63) is 36.5 Å². The second-order valence-electron chi connectivity index (χ2n) is 6.45. The first-order valence-electron chi connectivity index (χ1n) is 11.5. The molecule has 0 saturated heterocycles. The van der Waals surface area contributed by atoms with Crippen molar-refractivity contribution in [2.75, 3.05) is 0 Å². The van der Waals surface area contributed by atoms with Gasteiger partial charge in [-0.15, -0.1) is 6.58 Å². The van der Waals surface area contributed by atoms with E-state index >= 15 is 0 Å². The Labute approximate surface area is 179 Å². The molecule has 0 atom stereocenters. The molecule has 0 fully saturated rings. The molecule has 2 N–H and O–H groups in total. The molecule has 170 valence electrons. The number of carbonyl (C=O) groups is 1. The predicted molar refractivity (Wildman–Crippen MR) is 134 cm³/mol. The maximum atomic E-state index is 8.58. The summed E-state index contributed by atoms with van der Waals surface area (Å²) >= 11 is 0. The smallest absolute Gasteiger partial charge is 0.204 e. The van der Waals surface area contributed by atoms with E-state index in [9.17, 15) is 0 Å². The van der Waals surface area contributed by atoms with Gasteiger partial charge < -0.3 is 5.73 Å². The zero-order valence-electron chi connectivity index (χ0n) is 21.1. The number of rotatable bonds is 11. The molecule has 0 radical (unpaired) electrons. The minimum absolute atomic E-state index is 0.250. The summed E-state index contributed by atoms with van der Waals surface area (Å²) < 4.78 is 0. The number of hydrogen-bond donors (Lipinski definition) is 1. The number of carbonyl (C=O) groups excluding carboxylic acids is 1. The van der Waals surface area contributed by atoms with E-state index in [2.05, 4.69) is 45.7 Å². The summed E-state index contributed by atoms with van der Waals surface area (Å²) in [5.74, 6) is 0.953. The number of allylic oxidation sites excluding steroid dienone is 4. The molecule has 0 aromatic rings. The van der Waals surface area contributed by atoms with E-state index in [1.807, 2.05) is 47.6 Å². The SMILES string of the molecule is C=C(C)C.C=C/C=C(/CC)CCC(CCCC)CCCC.CC.CC.NC=O. The molecule has 0 heterocycles. The van der Waals surface area contributed by atoms with Gasteiger partial charge in [-0.05, 0) is 39.0 Å². The van der Waals surface area contributed by atoms with Crippen LogP contribution in [0.15, 0.2) is 36.5 Å². The van der Waals surface area contributed by atoms with Crippen molar-refractivity contribution in [2.24, 2.45) is 11.7 Å². The Morgan fingerprint density at radius 3 is 1.54 bits per heavy atom. The molecule has 28 heavy (non-hydrogen) atoms. The van der Waals surface area contributed by atoms with Gasteiger partial charge in [0.15, 0.2) is 0 Å². The lowest BCUT2D eigenvalue weighted by molar-refractivity contribution is -0.106. The zero-order valence-corrected chi connectivity index (χ0v) is 21.1. The highest BCUT2D eigenvalue weighted by atomic mass is 16.1. The normalized spacial score (nSPS) is 9.14. The van der Waals surface area contributed by atoms with E-state index in [-0.39, 0.29) is 6.41 Å². The number of primary amides is 1. The Hall–Kier alpha value is -1.31. The highest BCUT2D eigenvalue weighted by molar-refractivity contribution is 5.42. The third kappa shape index (κ3) is 49.7. The van der Waals surface area contributed by atoms with Crippen molar-refractivity contribution >= 4 is 6.41 Å². The van der Waals surface area contributed by atoms with Crippen LogP contribution in [0.3, 0.4) is 0 Å². The van der Waals surface area contributed by atoms with Crippen LogP contribution in [-0.4, -0.2) is 6.41 Å². The van der Waals surface area contributed by atoms with Crippen LogP contribution in [0.2, 0.25) is 0 Å². The van der Waals surface area contributed by atoms with E-state index in [1.54, 1.807) is 5.57 Å². The number of unbranched alkanes of at least 4 members (excludes halogenated alkanes) is 2. The summed E-state index contributed by atoms with van der Waals surface area (Å²) in [4.78, 5) is 8.58. The van der Waals surface area contributed by atoms with Crippen LogP contribution in [0.25, 0.3) is 0 Å². The van der Waals surface area contributed by atoms with Gasteiger partial charge >= 0.3 is 0 Å². The Morgan fingerprint density at radius 1 is 0.929 bits per heavy atom. The maximum absolute atomic E-state index is 8.58. The van der Waals surface area contributed by atoms with Gasteiger partial charge in [0.2, 0.25) is 6.41 Å². The molecule has 1 amide bonds. The molecule has 0 aromatic carbocycles. The maximum Gasteiger partial charge on any atom is 0.204 e. The third-order valence-corrected chi connectivity index (χ3v) is 3.61. The van der Waals surface area contributed by atoms with Gasteiger partial charge in [0.25, 0.3) is 0 Å². The fourth-order valence-electron chi connectivity index (χ4n) is 2.35. The van der Waals surface area contributed by atoms with Crippen molar-refractivity contribution in [1.29, 1.82) is 0 Å². The first kappa shape index (κ1) is 37.4. The molecule has 0 aliphatic heterocycles. The van der Waals surface area contributed by atoms with Crippen LogP contribution in [0, 0.1) is 5.92 Å². The van der Waals surface area contributed by atoms with Gasteiger partial charge in [-0.25, -0.2) is 0 Å². The summed E-state index contributed by atoms with van der Waals surface area (Å²) in [7, 11) is 0. The van der Waals surface area contributed by atoms with Crippen molar-refractivity contribution < 1.29 is 4.79 Å². The van der Waals surface area contributed by atoms with Crippen LogP contribution >= 0.6 is 0 Å². The molecule has 0 unspecified atom stereocenters. The van der Waals surface area contributed by atoms with E-state index in [1.165, 1.54) is 63.4 Å². The van der Waals surface area contributed by atoms with Crippen LogP contribution in [0.1, 0.15) is 120 Å². The highest BCUT2D eigenvalue weighted by Gasteiger charge is 2.08. The molecule has 2 heteroatoms. The van der Waals surface area contributed by atoms with Crippen LogP contribution in [-0.2, 0) is 4.79 Å². The lowest BCUT2D eigenvalue weighted by Gasteiger charge is -2.17. The molecule has 0 aliphatic rings. The average molecular weight is 398 g/mol. The van der Waals surface area contributed by atoms with Crippen molar-refractivity contribution in [1.82, 2.24) is 0 Å². The summed E-state index contributed by atoms with van der Waals surface area (Å²) in [5, 5.41) is 0.